The maximum absolute atomic E-state index is 15.1. The summed E-state index contributed by atoms with van der Waals surface area (Å²) in [7, 11) is 1.55. The summed E-state index contributed by atoms with van der Waals surface area (Å²) < 4.78 is 26.1. The summed E-state index contributed by atoms with van der Waals surface area (Å²) >= 11 is 7.57. The van der Waals surface area contributed by atoms with Gasteiger partial charge in [-0.2, -0.15) is 4.98 Å². The van der Waals surface area contributed by atoms with Gasteiger partial charge in [-0.25, -0.2) is 24.1 Å². The van der Waals surface area contributed by atoms with Crippen molar-refractivity contribution >= 4 is 56.0 Å². The second-order valence-corrected chi connectivity index (χ2v) is 10.2. The molecule has 40 heavy (non-hydrogen) atoms. The van der Waals surface area contributed by atoms with Crippen molar-refractivity contribution in [1.29, 1.82) is 0 Å². The SMILES string of the molecule is COc1cnc2c(-c3nc4cc(F)c(OC(C)C(C)N(C(=O)O)c5cnc(CO)nc5)nc4s3)cc(Cl)cc2c1. The predicted octanol–water partition coefficient (Wildman–Crippen LogP) is 5.33. The lowest BCUT2D eigenvalue weighted by Crippen LogP contribution is -2.46. The van der Waals surface area contributed by atoms with Crippen LogP contribution < -0.4 is 14.4 Å². The van der Waals surface area contributed by atoms with Crippen LogP contribution in [0.15, 0.2) is 42.9 Å². The molecule has 0 bridgehead atoms. The number of thiazole rings is 1. The van der Waals surface area contributed by atoms with Crippen LogP contribution in [0.2, 0.25) is 5.02 Å². The van der Waals surface area contributed by atoms with Crippen LogP contribution in [0.5, 0.6) is 11.6 Å². The van der Waals surface area contributed by atoms with Gasteiger partial charge in [0.25, 0.3) is 5.88 Å². The molecule has 1 amide bonds. The highest BCUT2D eigenvalue weighted by Crippen LogP contribution is 2.37. The van der Waals surface area contributed by atoms with Gasteiger partial charge >= 0.3 is 6.09 Å². The molecule has 14 heteroatoms. The van der Waals surface area contributed by atoms with Gasteiger partial charge in [0, 0.05) is 22.0 Å². The van der Waals surface area contributed by atoms with Crippen LogP contribution in [0, 0.1) is 5.82 Å². The summed E-state index contributed by atoms with van der Waals surface area (Å²) in [6.45, 7) is 2.82. The van der Waals surface area contributed by atoms with Crippen LogP contribution in [0.25, 0.3) is 31.8 Å². The van der Waals surface area contributed by atoms with Crippen molar-refractivity contribution < 1.29 is 28.9 Å². The van der Waals surface area contributed by atoms with E-state index >= 15 is 4.39 Å². The van der Waals surface area contributed by atoms with Gasteiger partial charge in [0.15, 0.2) is 11.6 Å². The van der Waals surface area contributed by atoms with E-state index in [0.717, 1.165) is 10.3 Å². The third-order valence-corrected chi connectivity index (χ3v) is 7.41. The van der Waals surface area contributed by atoms with E-state index in [1.165, 1.54) is 29.8 Å². The maximum Gasteiger partial charge on any atom is 0.412 e. The van der Waals surface area contributed by atoms with E-state index in [9.17, 15) is 9.90 Å². The zero-order valence-electron chi connectivity index (χ0n) is 21.4. The van der Waals surface area contributed by atoms with Gasteiger partial charge in [0.05, 0.1) is 42.9 Å². The van der Waals surface area contributed by atoms with E-state index in [2.05, 4.69) is 24.9 Å². The predicted molar refractivity (Wildman–Crippen MR) is 148 cm³/mol. The summed E-state index contributed by atoms with van der Waals surface area (Å²) in [6, 6.07) is 5.74. The molecule has 0 aliphatic heterocycles. The number of carbonyl (C=O) groups is 1. The summed E-state index contributed by atoms with van der Waals surface area (Å²) in [6.07, 6.45) is 2.05. The minimum absolute atomic E-state index is 0.149. The Morgan fingerprint density at radius 3 is 2.55 bits per heavy atom. The first-order valence-corrected chi connectivity index (χ1v) is 13.1. The number of amides is 1. The largest absolute Gasteiger partial charge is 0.495 e. The standard InChI is InChI=1S/C26H22ClFN6O5S/c1-12(34(26(36)37)16-8-29-21(11-35)30-9-16)13(2)39-23-19(28)7-20-25(33-23)40-24(32-20)18-6-15(27)4-14-5-17(38-3)10-31-22(14)18/h4-10,12-13,35H,11H2,1-3H3,(H,36,37). The van der Waals surface area contributed by atoms with Gasteiger partial charge in [-0.05, 0) is 32.0 Å². The van der Waals surface area contributed by atoms with E-state index in [1.54, 1.807) is 39.3 Å². The first kappa shape index (κ1) is 27.4. The quantitative estimate of drug-likeness (QED) is 0.245. The van der Waals surface area contributed by atoms with E-state index in [0.29, 0.717) is 37.2 Å². The van der Waals surface area contributed by atoms with Gasteiger partial charge in [-0.15, -0.1) is 0 Å². The number of anilines is 1. The number of carboxylic acid groups (broad SMARTS) is 1. The van der Waals surface area contributed by atoms with Crippen LogP contribution in [0.4, 0.5) is 14.9 Å². The average molecular weight is 585 g/mol. The molecule has 2 N–H and O–H groups in total. The minimum Gasteiger partial charge on any atom is -0.495 e. The molecule has 2 unspecified atom stereocenters. The number of ether oxygens (including phenoxy) is 2. The summed E-state index contributed by atoms with van der Waals surface area (Å²) in [5.74, 6) is -0.316. The van der Waals surface area contributed by atoms with Crippen molar-refractivity contribution in [2.24, 2.45) is 0 Å². The number of methoxy groups -OCH3 is 1. The number of halogens is 2. The lowest BCUT2D eigenvalue weighted by atomic mass is 10.1. The van der Waals surface area contributed by atoms with E-state index in [-0.39, 0.29) is 24.0 Å². The monoisotopic (exact) mass is 584 g/mol. The Morgan fingerprint density at radius 2 is 1.88 bits per heavy atom. The molecule has 0 aliphatic rings. The fourth-order valence-corrected chi connectivity index (χ4v) is 5.21. The number of aliphatic hydroxyl groups is 1. The Hall–Kier alpha value is -4.20. The fraction of sp³-hybridized carbons (Fsp3) is 0.231. The number of nitrogens with zero attached hydrogens (tertiary/aromatic N) is 6. The van der Waals surface area contributed by atoms with E-state index in [4.69, 9.17) is 26.2 Å². The summed E-state index contributed by atoms with van der Waals surface area (Å²) in [5.41, 5.74) is 1.79. The molecule has 1 aromatic carbocycles. The second kappa shape index (κ2) is 11.1. The maximum atomic E-state index is 15.1. The molecule has 0 saturated carbocycles. The van der Waals surface area contributed by atoms with Crippen molar-refractivity contribution in [3.05, 3.63) is 59.5 Å². The van der Waals surface area contributed by atoms with Gasteiger partial charge in [0.1, 0.15) is 33.8 Å². The molecule has 4 aromatic heterocycles. The Kier molecular flexibility index (Phi) is 7.61. The minimum atomic E-state index is -1.28. The highest BCUT2D eigenvalue weighted by Gasteiger charge is 2.29. The van der Waals surface area contributed by atoms with Gasteiger partial charge in [-0.1, -0.05) is 22.9 Å². The molecule has 5 rings (SSSR count). The van der Waals surface area contributed by atoms with Gasteiger partial charge in [-0.3, -0.25) is 9.88 Å². The molecule has 2 atom stereocenters. The van der Waals surface area contributed by atoms with E-state index < -0.39 is 24.1 Å². The molecule has 5 aromatic rings. The lowest BCUT2D eigenvalue weighted by Gasteiger charge is -2.30. The van der Waals surface area contributed by atoms with Crippen molar-refractivity contribution in [3.63, 3.8) is 0 Å². The van der Waals surface area contributed by atoms with E-state index in [1.807, 2.05) is 6.07 Å². The molecule has 0 radical (unpaired) electrons. The molecular weight excluding hydrogens is 563 g/mol. The number of pyridine rings is 2. The van der Waals surface area contributed by atoms with Crippen LogP contribution in [0.3, 0.4) is 0 Å². The van der Waals surface area contributed by atoms with Crippen molar-refractivity contribution in [2.75, 3.05) is 12.0 Å². The van der Waals surface area contributed by atoms with Crippen LogP contribution in [0.1, 0.15) is 19.7 Å². The number of hydrogen-bond donors (Lipinski definition) is 2. The Morgan fingerprint density at radius 1 is 1.12 bits per heavy atom. The highest BCUT2D eigenvalue weighted by molar-refractivity contribution is 7.21. The number of hydrogen-bond acceptors (Lipinski definition) is 10. The van der Waals surface area contributed by atoms with Crippen LogP contribution >= 0.6 is 22.9 Å². The van der Waals surface area contributed by atoms with Crippen molar-refractivity contribution in [2.45, 2.75) is 32.6 Å². The molecule has 0 spiro atoms. The number of aromatic nitrogens is 5. The van der Waals surface area contributed by atoms with Gasteiger partial charge in [0.2, 0.25) is 0 Å². The molecule has 4 heterocycles. The average Bonchev–Trinajstić information content (AvgIpc) is 3.35. The topological polar surface area (TPSA) is 144 Å². The Labute approximate surface area is 235 Å². The molecule has 0 fully saturated rings. The normalized spacial score (nSPS) is 12.8. The van der Waals surface area contributed by atoms with Crippen LogP contribution in [-0.4, -0.2) is 60.5 Å². The first-order chi connectivity index (χ1) is 19.2. The zero-order valence-corrected chi connectivity index (χ0v) is 22.9. The highest BCUT2D eigenvalue weighted by atomic mass is 35.5. The fourth-order valence-electron chi connectivity index (χ4n) is 4.05. The molecular formula is C26H22ClFN6O5S. The molecule has 0 saturated heterocycles. The molecule has 0 aliphatic carbocycles. The number of aliphatic hydroxyl groups excluding tert-OH is 1. The zero-order chi connectivity index (χ0) is 28.6. The van der Waals surface area contributed by atoms with Gasteiger partial charge < -0.3 is 19.7 Å². The lowest BCUT2D eigenvalue weighted by molar-refractivity contribution is 0.162. The van der Waals surface area contributed by atoms with Crippen molar-refractivity contribution in [1.82, 2.24) is 24.9 Å². The number of rotatable bonds is 8. The first-order valence-electron chi connectivity index (χ1n) is 11.9. The van der Waals surface area contributed by atoms with Crippen LogP contribution in [-0.2, 0) is 6.61 Å². The summed E-state index contributed by atoms with van der Waals surface area (Å²) in [4.78, 5) is 34.7. The smallest absolute Gasteiger partial charge is 0.412 e. The molecule has 206 valence electrons. The Bertz CT molecular complexity index is 1720. The third kappa shape index (κ3) is 5.30. The number of fused-ring (bicyclic) bond motifs is 2. The number of benzene rings is 1. The third-order valence-electron chi connectivity index (χ3n) is 6.20. The molecule has 11 nitrogen and oxygen atoms in total. The second-order valence-electron chi connectivity index (χ2n) is 8.75. The summed E-state index contributed by atoms with van der Waals surface area (Å²) in [5, 5.41) is 20.7. The van der Waals surface area contributed by atoms with Crippen molar-refractivity contribution in [3.8, 4) is 22.2 Å². The Balaban J connectivity index is 1.45.